The summed E-state index contributed by atoms with van der Waals surface area (Å²) in [7, 11) is -0.00181. The second kappa shape index (κ2) is 14.8. The molecule has 0 bridgehead atoms. The van der Waals surface area contributed by atoms with Gasteiger partial charge in [0.1, 0.15) is 12.3 Å². The summed E-state index contributed by atoms with van der Waals surface area (Å²) in [6.07, 6.45) is 2.52. The molecule has 4 aromatic carbocycles. The van der Waals surface area contributed by atoms with Crippen molar-refractivity contribution in [1.29, 1.82) is 0 Å². The van der Waals surface area contributed by atoms with E-state index in [1.807, 2.05) is 0 Å². The maximum Gasteiger partial charge on any atom is 0.101 e. The van der Waals surface area contributed by atoms with Crippen molar-refractivity contribution in [2.45, 2.75) is 0 Å². The standard InChI is InChI=1S/C26H24P2.2HI.Ni/c1-5-13-23(14-6-1)27(24-15-7-2-8-16-24)21-22-28(25-17-9-3-10-18-25)26-19-11-4-12-20-26;;;/h1-20H,21-22H2;2*1H;/q;;;+4. The first kappa shape index (κ1) is 25.3. The van der Waals surface area contributed by atoms with Gasteiger partial charge in [0.05, 0.1) is 37.1 Å². The van der Waals surface area contributed by atoms with Gasteiger partial charge in [-0.2, -0.15) is 0 Å². The Balaban J connectivity index is 0.000000858. The van der Waals surface area contributed by atoms with Crippen LogP contribution in [-0.4, -0.2) is 12.3 Å². The minimum Gasteiger partial charge on any atom is -0.0620 e. The van der Waals surface area contributed by atoms with Crippen LogP contribution in [0.15, 0.2) is 121 Å². The van der Waals surface area contributed by atoms with Gasteiger partial charge >= 0.3 is 49.0 Å². The normalized spacial score (nSPS) is 10.7. The Morgan fingerprint density at radius 2 is 0.613 bits per heavy atom. The molecule has 0 heterocycles. The van der Waals surface area contributed by atoms with Crippen LogP contribution in [0.2, 0.25) is 0 Å². The predicted molar refractivity (Wildman–Crippen MR) is 159 cm³/mol. The second-order valence-electron chi connectivity index (χ2n) is 6.97. The monoisotopic (exact) mass is 712 g/mol. The smallest absolute Gasteiger partial charge is 0.0620 e. The summed E-state index contributed by atoms with van der Waals surface area (Å²) in [5.74, 6) is 0. The van der Waals surface area contributed by atoms with Crippen LogP contribution in [0.25, 0.3) is 0 Å². The summed E-state index contributed by atoms with van der Waals surface area (Å²) in [5, 5.41) is 6.06. The van der Waals surface area contributed by atoms with Crippen LogP contribution in [0.1, 0.15) is 0 Å². The van der Waals surface area contributed by atoms with Crippen LogP contribution < -0.4 is 21.2 Å². The van der Waals surface area contributed by atoms with Gasteiger partial charge in [-0.15, -0.1) is 0 Å². The molecular weight excluding hydrogens is 687 g/mol. The summed E-state index contributed by atoms with van der Waals surface area (Å²) >= 11 is 4.43. The fourth-order valence-corrected chi connectivity index (χ4v) is 9.92. The van der Waals surface area contributed by atoms with Crippen LogP contribution in [0.3, 0.4) is 0 Å². The molecule has 5 heteroatoms. The minimum absolute atomic E-state index is 0.783. The zero-order valence-corrected chi connectivity index (χ0v) is 24.3. The zero-order valence-electron chi connectivity index (χ0n) is 17.0. The Morgan fingerprint density at radius 1 is 0.419 bits per heavy atom. The Labute approximate surface area is 217 Å². The molecule has 31 heavy (non-hydrogen) atoms. The van der Waals surface area contributed by atoms with Crippen LogP contribution in [0.4, 0.5) is 0 Å². The van der Waals surface area contributed by atoms with Gasteiger partial charge in [-0.1, -0.05) is 72.8 Å². The molecule has 0 aliphatic carbocycles. The predicted octanol–water partition coefficient (Wildman–Crippen LogP) is 6.49. The first-order valence-corrected chi connectivity index (χ1v) is 19.9. The molecule has 0 N–H and O–H groups in total. The maximum atomic E-state index is 2.32. The quantitative estimate of drug-likeness (QED) is 0.117. The molecule has 160 valence electrons. The molecule has 4 aromatic rings. The molecule has 0 amide bonds. The van der Waals surface area contributed by atoms with Gasteiger partial charge in [0.15, 0.2) is 0 Å². The number of benzene rings is 4. The van der Waals surface area contributed by atoms with Crippen molar-refractivity contribution >= 4 is 78.0 Å². The average Bonchev–Trinajstić information content (AvgIpc) is 2.85. The van der Waals surface area contributed by atoms with E-state index in [1.165, 1.54) is 33.5 Å². The maximum absolute atomic E-state index is 2.32. The van der Waals surface area contributed by atoms with Crippen molar-refractivity contribution in [1.82, 2.24) is 0 Å². The molecule has 0 saturated heterocycles. The van der Waals surface area contributed by atoms with Gasteiger partial charge in [0, 0.05) is 0 Å². The van der Waals surface area contributed by atoms with Gasteiger partial charge in [-0.25, -0.2) is 0 Å². The molecule has 0 aromatic heterocycles. The Morgan fingerprint density at radius 3 is 0.806 bits per heavy atom. The van der Waals surface area contributed by atoms with Gasteiger partial charge in [0.25, 0.3) is 0 Å². The van der Waals surface area contributed by atoms with Crippen molar-refractivity contribution in [3.8, 4) is 0 Å². The first-order chi connectivity index (χ1) is 15.3. The van der Waals surface area contributed by atoms with Gasteiger partial charge in [-0.05, 0) is 48.5 Å². The molecule has 0 fully saturated rings. The molecular formula is C26H26I2NiP2+4. The fourth-order valence-electron chi connectivity index (χ4n) is 3.72. The summed E-state index contributed by atoms with van der Waals surface area (Å²) < 4.78 is 0. The van der Waals surface area contributed by atoms with Crippen molar-refractivity contribution in [2.75, 3.05) is 12.3 Å². The summed E-state index contributed by atoms with van der Waals surface area (Å²) in [5.41, 5.74) is 0. The van der Waals surface area contributed by atoms with Crippen molar-refractivity contribution in [3.05, 3.63) is 121 Å². The van der Waals surface area contributed by atoms with Crippen molar-refractivity contribution in [3.63, 3.8) is 0 Å². The van der Waals surface area contributed by atoms with E-state index >= 15 is 0 Å². The molecule has 0 aliphatic rings. The third kappa shape index (κ3) is 8.20. The number of halogens is 2. The number of hydrogen-bond donors (Lipinski definition) is 0. The molecule has 0 unspecified atom stereocenters. The second-order valence-corrected chi connectivity index (χ2v) is 20.5. The average molecular weight is 713 g/mol. The van der Waals surface area contributed by atoms with Gasteiger partial charge in [0.2, 0.25) is 0 Å². The van der Waals surface area contributed by atoms with E-state index < -0.39 is 15.8 Å². The zero-order chi connectivity index (χ0) is 21.7. The molecule has 0 saturated carbocycles. The number of rotatable bonds is 7. The van der Waals surface area contributed by atoms with Crippen LogP contribution >= 0.6 is 56.8 Å². The van der Waals surface area contributed by atoms with Crippen molar-refractivity contribution < 1.29 is 8.07 Å². The van der Waals surface area contributed by atoms with Gasteiger partial charge in [-0.3, -0.25) is 0 Å². The summed E-state index contributed by atoms with van der Waals surface area (Å²) in [6, 6.07) is 44.5. The Kier molecular flexibility index (Phi) is 12.1. The van der Waals surface area contributed by atoms with Crippen LogP contribution in [0, 0.1) is 0 Å². The Hall–Kier alpha value is -0.306. The van der Waals surface area contributed by atoms with E-state index in [-0.39, 0.29) is 0 Å². The molecule has 4 rings (SSSR count). The van der Waals surface area contributed by atoms with E-state index in [2.05, 4.69) is 162 Å². The topological polar surface area (TPSA) is 0 Å². The fraction of sp³-hybridized carbons (Fsp3) is 0.0769. The van der Waals surface area contributed by atoms with Crippen LogP contribution in [0.5, 0.6) is 0 Å². The van der Waals surface area contributed by atoms with Crippen LogP contribution in [-0.2, 0) is 8.07 Å². The molecule has 0 nitrogen and oxygen atoms in total. The molecule has 0 atom stereocenters. The Bertz CT molecular complexity index is 825. The first-order valence-electron chi connectivity index (χ1n) is 10.1. The van der Waals surface area contributed by atoms with E-state index in [0.717, 1.165) is 0 Å². The van der Waals surface area contributed by atoms with E-state index in [9.17, 15) is 0 Å². The summed E-state index contributed by atoms with van der Waals surface area (Å²) in [6.45, 7) is 0. The molecule has 0 aliphatic heterocycles. The molecule has 0 spiro atoms. The van der Waals surface area contributed by atoms with E-state index in [4.69, 9.17) is 0 Å². The summed E-state index contributed by atoms with van der Waals surface area (Å²) in [4.78, 5) is 0. The largest absolute Gasteiger partial charge is 0.101 e. The van der Waals surface area contributed by atoms with Crippen molar-refractivity contribution in [2.24, 2.45) is 0 Å². The minimum atomic E-state index is -0.783. The van der Waals surface area contributed by atoms with Gasteiger partial charge < -0.3 is 0 Å². The van der Waals surface area contributed by atoms with E-state index in [1.54, 1.807) is 8.07 Å². The van der Waals surface area contributed by atoms with E-state index in [0.29, 0.717) is 0 Å². The third-order valence-corrected chi connectivity index (χ3v) is 11.2. The number of hydrogen-bond acceptors (Lipinski definition) is 0. The third-order valence-electron chi connectivity index (χ3n) is 5.11. The SMILES string of the molecule is [I][Ni+2][I].c1ccc([PH+](CC[PH+](c2ccccc2)c2ccccc2)c2ccccc2)cc1. The molecule has 0 radical (unpaired) electrons.